The lowest BCUT2D eigenvalue weighted by atomic mass is 9.92. The van der Waals surface area contributed by atoms with Gasteiger partial charge in [-0.15, -0.1) is 0 Å². The molecule has 22 heavy (non-hydrogen) atoms. The second kappa shape index (κ2) is 7.65. The Bertz CT molecular complexity index is 511. The fraction of sp³-hybridized carbons (Fsp3) is 0.467. The summed E-state index contributed by atoms with van der Waals surface area (Å²) in [5.41, 5.74) is 0.564. The number of urea groups is 1. The lowest BCUT2D eigenvalue weighted by molar-refractivity contribution is -0.141. The van der Waals surface area contributed by atoms with E-state index >= 15 is 0 Å². The molecule has 3 N–H and O–H groups in total. The Morgan fingerprint density at radius 3 is 2.45 bits per heavy atom. The third-order valence-corrected chi connectivity index (χ3v) is 3.64. The number of carboxylic acid groups (broad SMARTS) is 1. The van der Waals surface area contributed by atoms with Gasteiger partial charge in [-0.3, -0.25) is 0 Å². The summed E-state index contributed by atoms with van der Waals surface area (Å²) in [7, 11) is 1.56. The second-order valence-electron chi connectivity index (χ2n) is 5.09. The molecular formula is C15H20N2O5. The molecular weight excluding hydrogens is 288 g/mol. The number of nitrogens with one attached hydrogen (secondary N) is 2. The molecule has 0 saturated carbocycles. The molecule has 0 aliphatic carbocycles. The molecule has 1 aromatic carbocycles. The van der Waals surface area contributed by atoms with Crippen molar-refractivity contribution >= 4 is 17.7 Å². The van der Waals surface area contributed by atoms with E-state index in [9.17, 15) is 14.7 Å². The number of carboxylic acids is 1. The van der Waals surface area contributed by atoms with Gasteiger partial charge >= 0.3 is 12.0 Å². The predicted octanol–water partition coefficient (Wildman–Crippen LogP) is 1.70. The minimum absolute atomic E-state index is 0.118. The van der Waals surface area contributed by atoms with Crippen molar-refractivity contribution < 1.29 is 24.2 Å². The van der Waals surface area contributed by atoms with Gasteiger partial charge in [0.1, 0.15) is 11.8 Å². The molecule has 0 radical (unpaired) electrons. The van der Waals surface area contributed by atoms with Crippen molar-refractivity contribution in [3.05, 3.63) is 24.3 Å². The van der Waals surface area contributed by atoms with Crippen LogP contribution in [0.4, 0.5) is 10.5 Å². The van der Waals surface area contributed by atoms with E-state index in [1.54, 1.807) is 31.4 Å². The predicted molar refractivity (Wildman–Crippen MR) is 80.1 cm³/mol. The molecule has 2 rings (SSSR count). The summed E-state index contributed by atoms with van der Waals surface area (Å²) < 4.78 is 10.3. The van der Waals surface area contributed by atoms with Crippen molar-refractivity contribution in [3.63, 3.8) is 0 Å². The van der Waals surface area contributed by atoms with Gasteiger partial charge in [-0.25, -0.2) is 9.59 Å². The minimum atomic E-state index is -1.03. The van der Waals surface area contributed by atoms with Gasteiger partial charge in [0.15, 0.2) is 0 Å². The average molecular weight is 308 g/mol. The number of benzene rings is 1. The van der Waals surface area contributed by atoms with Crippen molar-refractivity contribution in [2.24, 2.45) is 5.92 Å². The Hall–Kier alpha value is -2.28. The summed E-state index contributed by atoms with van der Waals surface area (Å²) in [4.78, 5) is 23.3. The van der Waals surface area contributed by atoms with E-state index in [1.807, 2.05) is 0 Å². The molecule has 0 spiro atoms. The number of amides is 2. The molecule has 1 atom stereocenters. The monoisotopic (exact) mass is 308 g/mol. The summed E-state index contributed by atoms with van der Waals surface area (Å²) in [6, 6.07) is 5.34. The Labute approximate surface area is 128 Å². The van der Waals surface area contributed by atoms with E-state index < -0.39 is 18.0 Å². The normalized spacial score (nSPS) is 16.6. The number of ether oxygens (including phenoxy) is 2. The first-order chi connectivity index (χ1) is 10.6. The van der Waals surface area contributed by atoms with Crippen LogP contribution >= 0.6 is 0 Å². The summed E-state index contributed by atoms with van der Waals surface area (Å²) in [6.07, 6.45) is 1.25. The topological polar surface area (TPSA) is 96.9 Å². The zero-order chi connectivity index (χ0) is 15.9. The minimum Gasteiger partial charge on any atom is -0.497 e. The largest absolute Gasteiger partial charge is 0.497 e. The SMILES string of the molecule is COc1ccc(NC(=O)N[C@@H](C(=O)O)C2CCOCC2)cc1. The highest BCUT2D eigenvalue weighted by Gasteiger charge is 2.31. The molecule has 1 aromatic rings. The molecule has 1 fully saturated rings. The fourth-order valence-electron chi connectivity index (χ4n) is 2.41. The van der Waals surface area contributed by atoms with E-state index in [4.69, 9.17) is 9.47 Å². The Morgan fingerprint density at radius 2 is 1.91 bits per heavy atom. The van der Waals surface area contributed by atoms with Crippen molar-refractivity contribution in [2.75, 3.05) is 25.6 Å². The number of aliphatic carboxylic acids is 1. The molecule has 1 saturated heterocycles. The van der Waals surface area contributed by atoms with E-state index in [0.29, 0.717) is 37.5 Å². The van der Waals surface area contributed by atoms with Gasteiger partial charge in [-0.1, -0.05) is 0 Å². The average Bonchev–Trinajstić information content (AvgIpc) is 2.54. The molecule has 7 heteroatoms. The van der Waals surface area contributed by atoms with Crippen LogP contribution in [-0.4, -0.2) is 43.5 Å². The molecule has 0 aromatic heterocycles. The Kier molecular flexibility index (Phi) is 5.60. The molecule has 0 bridgehead atoms. The maximum absolute atomic E-state index is 12.0. The number of rotatable bonds is 5. The van der Waals surface area contributed by atoms with E-state index in [-0.39, 0.29) is 5.92 Å². The van der Waals surface area contributed by atoms with Crippen LogP contribution in [0.2, 0.25) is 0 Å². The number of carbonyl (C=O) groups is 2. The fourth-order valence-corrected chi connectivity index (χ4v) is 2.41. The van der Waals surface area contributed by atoms with Gasteiger partial charge in [0.2, 0.25) is 0 Å². The summed E-state index contributed by atoms with van der Waals surface area (Å²) in [6.45, 7) is 1.05. The van der Waals surface area contributed by atoms with Crippen LogP contribution in [0, 0.1) is 5.92 Å². The highest BCUT2D eigenvalue weighted by Crippen LogP contribution is 2.19. The van der Waals surface area contributed by atoms with Crippen LogP contribution in [-0.2, 0) is 9.53 Å². The van der Waals surface area contributed by atoms with Gasteiger partial charge in [0.05, 0.1) is 7.11 Å². The quantitative estimate of drug-likeness (QED) is 0.769. The third-order valence-electron chi connectivity index (χ3n) is 3.64. The molecule has 1 heterocycles. The van der Waals surface area contributed by atoms with Crippen LogP contribution in [0.15, 0.2) is 24.3 Å². The van der Waals surface area contributed by atoms with E-state index in [0.717, 1.165) is 0 Å². The number of hydrogen-bond acceptors (Lipinski definition) is 4. The third kappa shape index (κ3) is 4.36. The second-order valence-corrected chi connectivity index (χ2v) is 5.09. The number of anilines is 1. The highest BCUT2D eigenvalue weighted by atomic mass is 16.5. The van der Waals surface area contributed by atoms with Gasteiger partial charge in [-0.2, -0.15) is 0 Å². The van der Waals surface area contributed by atoms with Crippen LogP contribution in [0.3, 0.4) is 0 Å². The summed E-state index contributed by atoms with van der Waals surface area (Å²) in [5.74, 6) is -0.471. The van der Waals surface area contributed by atoms with Crippen molar-refractivity contribution in [2.45, 2.75) is 18.9 Å². The van der Waals surface area contributed by atoms with Crippen LogP contribution < -0.4 is 15.4 Å². The molecule has 120 valence electrons. The number of methoxy groups -OCH3 is 1. The van der Waals surface area contributed by atoms with Crippen LogP contribution in [0.25, 0.3) is 0 Å². The first kappa shape index (κ1) is 16.1. The maximum Gasteiger partial charge on any atom is 0.326 e. The van der Waals surface area contributed by atoms with Gasteiger partial charge in [0, 0.05) is 18.9 Å². The summed E-state index contributed by atoms with van der Waals surface area (Å²) in [5, 5.41) is 14.5. The van der Waals surface area contributed by atoms with Gasteiger partial charge in [-0.05, 0) is 43.0 Å². The Balaban J connectivity index is 1.93. The number of hydrogen-bond donors (Lipinski definition) is 3. The zero-order valence-corrected chi connectivity index (χ0v) is 12.4. The first-order valence-electron chi connectivity index (χ1n) is 7.12. The Morgan fingerprint density at radius 1 is 1.27 bits per heavy atom. The van der Waals surface area contributed by atoms with Gasteiger partial charge in [0.25, 0.3) is 0 Å². The van der Waals surface area contributed by atoms with E-state index in [2.05, 4.69) is 10.6 Å². The first-order valence-corrected chi connectivity index (χ1v) is 7.12. The lowest BCUT2D eigenvalue weighted by Crippen LogP contribution is -2.48. The number of carbonyl (C=O) groups excluding carboxylic acids is 1. The highest BCUT2D eigenvalue weighted by molar-refractivity contribution is 5.92. The molecule has 2 amide bonds. The standard InChI is InChI=1S/C15H20N2O5/c1-21-12-4-2-11(3-5-12)16-15(20)17-13(14(18)19)10-6-8-22-9-7-10/h2-5,10,13H,6-9H2,1H3,(H,18,19)(H2,16,17,20)/t13-/m1/s1. The van der Waals surface area contributed by atoms with Crippen molar-refractivity contribution in [1.29, 1.82) is 0 Å². The molecule has 1 aliphatic rings. The maximum atomic E-state index is 12.0. The molecule has 7 nitrogen and oxygen atoms in total. The summed E-state index contributed by atoms with van der Waals surface area (Å²) >= 11 is 0. The van der Waals surface area contributed by atoms with Gasteiger partial charge < -0.3 is 25.2 Å². The van der Waals surface area contributed by atoms with E-state index in [1.165, 1.54) is 0 Å². The van der Waals surface area contributed by atoms with Crippen LogP contribution in [0.5, 0.6) is 5.75 Å². The van der Waals surface area contributed by atoms with Crippen LogP contribution in [0.1, 0.15) is 12.8 Å². The van der Waals surface area contributed by atoms with Crippen molar-refractivity contribution in [3.8, 4) is 5.75 Å². The smallest absolute Gasteiger partial charge is 0.326 e. The lowest BCUT2D eigenvalue weighted by Gasteiger charge is -2.28. The molecule has 0 unspecified atom stereocenters. The zero-order valence-electron chi connectivity index (χ0n) is 12.4. The van der Waals surface area contributed by atoms with Crippen molar-refractivity contribution in [1.82, 2.24) is 5.32 Å². The molecule has 1 aliphatic heterocycles.